The Hall–Kier alpha value is -2.03. The van der Waals surface area contributed by atoms with Crippen molar-refractivity contribution in [2.75, 3.05) is 6.26 Å². The Morgan fingerprint density at radius 3 is 1.83 bits per heavy atom. The maximum atomic E-state index is 13.7. The predicted octanol–water partition coefficient (Wildman–Crippen LogP) is 7.69. The first-order valence-corrected chi connectivity index (χ1v) is 15.9. The summed E-state index contributed by atoms with van der Waals surface area (Å²) in [6, 6.07) is 31.1. The molecule has 0 aliphatic carbocycles. The molecule has 4 rings (SSSR count). The van der Waals surface area contributed by atoms with Gasteiger partial charge in [0.25, 0.3) is 0 Å². The molecule has 0 unspecified atom stereocenters. The van der Waals surface area contributed by atoms with Crippen molar-refractivity contribution in [2.45, 2.75) is 39.8 Å². The Morgan fingerprint density at radius 1 is 0.722 bits per heavy atom. The summed E-state index contributed by atoms with van der Waals surface area (Å²) in [5, 5.41) is -0.149. The van der Waals surface area contributed by atoms with Gasteiger partial charge in [0.2, 0.25) is 0 Å². The topological polar surface area (TPSA) is 46.2 Å². The van der Waals surface area contributed by atoms with Gasteiger partial charge < -0.3 is 0 Å². The maximum Gasteiger partial charge on any atom is 0.125 e. The molecule has 3 nitrogen and oxygen atoms in total. The van der Waals surface area contributed by atoms with E-state index in [1.165, 1.54) is 0 Å². The third-order valence-electron chi connectivity index (χ3n) is 5.93. The van der Waals surface area contributed by atoms with Crippen molar-refractivity contribution in [1.29, 1.82) is 0 Å². The zero-order chi connectivity index (χ0) is 25.7. The lowest BCUT2D eigenvalue weighted by atomic mass is 9.99. The van der Waals surface area contributed by atoms with Gasteiger partial charge in [-0.05, 0) is 67.6 Å². The van der Waals surface area contributed by atoms with Gasteiger partial charge in [0.05, 0.1) is 27.0 Å². The van der Waals surface area contributed by atoms with Crippen molar-refractivity contribution < 1.29 is 8.42 Å². The summed E-state index contributed by atoms with van der Waals surface area (Å²) in [7, 11) is -2.79. The molecule has 4 aromatic carbocycles. The number of benzene rings is 4. The minimum absolute atomic E-state index is 0.149. The number of aryl methyl sites for hydroxylation is 2. The standard InChI is InChI=1S/C29H28BrNO2S3/c1-20-12-16-22(17-13-20)35(32)27-11-7-5-9-25(27)29(34-3)28(24-8-4-6-10-26(24)30)31-36(33)23-18-14-21(2)15-19-23/h4-19,28-29,31H,1-3H3/t28-,29+,35+,36+/m1/s1. The highest BCUT2D eigenvalue weighted by Gasteiger charge is 2.30. The maximum absolute atomic E-state index is 13.7. The molecular weight excluding hydrogens is 570 g/mol. The number of hydrogen-bond acceptors (Lipinski definition) is 3. The van der Waals surface area contributed by atoms with E-state index in [1.807, 2.05) is 117 Å². The molecule has 0 heterocycles. The van der Waals surface area contributed by atoms with Crippen LogP contribution in [0.3, 0.4) is 0 Å². The van der Waals surface area contributed by atoms with Gasteiger partial charge in [0.1, 0.15) is 11.0 Å². The molecule has 0 spiro atoms. The van der Waals surface area contributed by atoms with Crippen LogP contribution in [0.4, 0.5) is 0 Å². The molecule has 0 bridgehead atoms. The molecule has 0 amide bonds. The Kier molecular flexibility index (Phi) is 9.36. The lowest BCUT2D eigenvalue weighted by Gasteiger charge is -2.29. The molecule has 0 fully saturated rings. The van der Waals surface area contributed by atoms with Crippen molar-refractivity contribution in [1.82, 2.24) is 4.72 Å². The average molecular weight is 599 g/mol. The number of rotatable bonds is 9. The van der Waals surface area contributed by atoms with E-state index in [9.17, 15) is 8.42 Å². The summed E-state index contributed by atoms with van der Waals surface area (Å²) >= 11 is 5.36. The molecule has 0 aliphatic heterocycles. The second-order valence-electron chi connectivity index (χ2n) is 8.47. The van der Waals surface area contributed by atoms with Crippen molar-refractivity contribution in [3.63, 3.8) is 0 Å². The minimum Gasteiger partial charge on any atom is -0.249 e. The first-order valence-electron chi connectivity index (χ1n) is 11.5. The predicted molar refractivity (Wildman–Crippen MR) is 156 cm³/mol. The van der Waals surface area contributed by atoms with Crippen LogP contribution >= 0.6 is 27.7 Å². The third kappa shape index (κ3) is 6.26. The van der Waals surface area contributed by atoms with Crippen molar-refractivity contribution >= 4 is 49.5 Å². The number of hydrogen-bond donors (Lipinski definition) is 1. The fourth-order valence-electron chi connectivity index (χ4n) is 3.98. The fourth-order valence-corrected chi connectivity index (χ4v) is 7.88. The van der Waals surface area contributed by atoms with Gasteiger partial charge in [-0.2, -0.15) is 11.8 Å². The van der Waals surface area contributed by atoms with Crippen LogP contribution in [0.5, 0.6) is 0 Å². The molecule has 4 atom stereocenters. The molecule has 0 aromatic heterocycles. The first kappa shape index (κ1) is 27.0. The van der Waals surface area contributed by atoms with E-state index in [4.69, 9.17) is 0 Å². The molecule has 36 heavy (non-hydrogen) atoms. The van der Waals surface area contributed by atoms with Crippen LogP contribution in [0.1, 0.15) is 33.5 Å². The highest BCUT2D eigenvalue weighted by molar-refractivity contribution is 9.10. The zero-order valence-corrected chi connectivity index (χ0v) is 24.3. The van der Waals surface area contributed by atoms with E-state index >= 15 is 0 Å². The zero-order valence-electron chi connectivity index (χ0n) is 20.3. The van der Waals surface area contributed by atoms with Gasteiger partial charge in [-0.3, -0.25) is 0 Å². The van der Waals surface area contributed by atoms with Crippen LogP contribution in [0.15, 0.2) is 116 Å². The largest absolute Gasteiger partial charge is 0.249 e. The van der Waals surface area contributed by atoms with Gasteiger partial charge >= 0.3 is 0 Å². The normalized spacial score (nSPS) is 14.7. The molecule has 0 saturated carbocycles. The third-order valence-corrected chi connectivity index (χ3v) is 10.3. The fraction of sp³-hybridized carbons (Fsp3) is 0.172. The Bertz CT molecular complexity index is 1370. The second-order valence-corrected chi connectivity index (χ2v) is 13.0. The second kappa shape index (κ2) is 12.5. The molecule has 4 aromatic rings. The molecule has 0 radical (unpaired) electrons. The van der Waals surface area contributed by atoms with Crippen molar-refractivity contribution in [3.8, 4) is 0 Å². The Labute approximate surface area is 231 Å². The van der Waals surface area contributed by atoms with Gasteiger partial charge in [-0.15, -0.1) is 0 Å². The smallest absolute Gasteiger partial charge is 0.125 e. The van der Waals surface area contributed by atoms with Crippen LogP contribution in [0.25, 0.3) is 0 Å². The quantitative estimate of drug-likeness (QED) is 0.215. The van der Waals surface area contributed by atoms with E-state index in [0.29, 0.717) is 4.90 Å². The summed E-state index contributed by atoms with van der Waals surface area (Å²) in [6.45, 7) is 4.03. The SMILES string of the molecule is CS[C@@H](c1ccccc1[S@@](=O)c1ccc(C)cc1)[C@H](N[S@@](=O)c1ccc(C)cc1)c1ccccc1Br. The Morgan fingerprint density at radius 2 is 1.25 bits per heavy atom. The van der Waals surface area contributed by atoms with Gasteiger partial charge in [0, 0.05) is 14.3 Å². The number of nitrogens with one attached hydrogen (secondary N) is 1. The summed E-state index contributed by atoms with van der Waals surface area (Å²) in [4.78, 5) is 2.25. The summed E-state index contributed by atoms with van der Waals surface area (Å²) in [6.07, 6.45) is 2.04. The summed E-state index contributed by atoms with van der Waals surface area (Å²) in [5.41, 5.74) is 4.20. The summed E-state index contributed by atoms with van der Waals surface area (Å²) < 4.78 is 31.5. The average Bonchev–Trinajstić information content (AvgIpc) is 2.89. The lowest BCUT2D eigenvalue weighted by molar-refractivity contribution is 0.611. The van der Waals surface area contributed by atoms with Crippen LogP contribution in [-0.2, 0) is 21.8 Å². The molecular formula is C29H28BrNO2S3. The van der Waals surface area contributed by atoms with E-state index in [2.05, 4.69) is 20.7 Å². The first-order chi connectivity index (χ1) is 17.4. The minimum atomic E-state index is -1.44. The van der Waals surface area contributed by atoms with E-state index in [0.717, 1.165) is 36.5 Å². The van der Waals surface area contributed by atoms with Gasteiger partial charge in [-0.25, -0.2) is 13.1 Å². The molecule has 186 valence electrons. The molecule has 0 saturated heterocycles. The monoisotopic (exact) mass is 597 g/mol. The molecule has 0 aliphatic rings. The molecule has 7 heteroatoms. The summed E-state index contributed by atoms with van der Waals surface area (Å²) in [5.74, 6) is 0. The highest BCUT2D eigenvalue weighted by Crippen LogP contribution is 2.44. The highest BCUT2D eigenvalue weighted by atomic mass is 79.9. The van der Waals surface area contributed by atoms with Crippen LogP contribution < -0.4 is 4.72 Å². The van der Waals surface area contributed by atoms with Crippen LogP contribution in [-0.4, -0.2) is 14.7 Å². The van der Waals surface area contributed by atoms with Crippen molar-refractivity contribution in [2.24, 2.45) is 0 Å². The van der Waals surface area contributed by atoms with Gasteiger partial charge in [-0.1, -0.05) is 87.7 Å². The van der Waals surface area contributed by atoms with E-state index in [-0.39, 0.29) is 11.3 Å². The van der Waals surface area contributed by atoms with Gasteiger partial charge in [0.15, 0.2) is 0 Å². The number of halogens is 1. The van der Waals surface area contributed by atoms with Crippen LogP contribution in [0, 0.1) is 13.8 Å². The van der Waals surface area contributed by atoms with E-state index < -0.39 is 21.8 Å². The van der Waals surface area contributed by atoms with Crippen molar-refractivity contribution in [3.05, 3.63) is 124 Å². The van der Waals surface area contributed by atoms with E-state index in [1.54, 1.807) is 11.8 Å². The number of thioether (sulfide) groups is 1. The Balaban J connectivity index is 1.78. The lowest BCUT2D eigenvalue weighted by Crippen LogP contribution is -2.28. The molecule has 1 N–H and O–H groups in total. The van der Waals surface area contributed by atoms with Crippen LogP contribution in [0.2, 0.25) is 0 Å².